The summed E-state index contributed by atoms with van der Waals surface area (Å²) in [5.41, 5.74) is 6.86. The number of nitriles is 1. The Morgan fingerprint density at radius 1 is 1.42 bits per heavy atom. The zero-order chi connectivity index (χ0) is 18.7. The number of carbonyl (C=O) groups excluding carboxylic acids is 1. The van der Waals surface area contributed by atoms with Crippen LogP contribution in [0, 0.1) is 17.2 Å². The summed E-state index contributed by atoms with van der Waals surface area (Å²) in [6.07, 6.45) is 2.58. The number of aliphatic hydroxyl groups is 1. The van der Waals surface area contributed by atoms with Crippen molar-refractivity contribution in [1.29, 1.82) is 5.26 Å². The van der Waals surface area contributed by atoms with E-state index in [2.05, 4.69) is 16.5 Å². The Kier molecular flexibility index (Phi) is 5.19. The smallest absolute Gasteiger partial charge is 0.254 e. The van der Waals surface area contributed by atoms with Crippen LogP contribution in [-0.2, 0) is 6.67 Å². The van der Waals surface area contributed by atoms with Gasteiger partial charge in [-0.1, -0.05) is 12.1 Å². The number of alkyl halides is 1. The molecule has 0 aliphatic heterocycles. The highest BCUT2D eigenvalue weighted by atomic mass is 19.1. The fraction of sp³-hybridized carbons (Fsp3) is 0.389. The number of nitrogens with one attached hydrogen (secondary N) is 1. The van der Waals surface area contributed by atoms with Gasteiger partial charge in [0.15, 0.2) is 5.82 Å². The molecule has 1 aromatic carbocycles. The first-order chi connectivity index (χ1) is 12.5. The van der Waals surface area contributed by atoms with Crippen LogP contribution in [0.5, 0.6) is 0 Å². The van der Waals surface area contributed by atoms with Crippen molar-refractivity contribution >= 4 is 17.4 Å². The molecule has 3 rings (SSSR count). The van der Waals surface area contributed by atoms with E-state index in [1.807, 2.05) is 0 Å². The molecule has 1 aliphatic carbocycles. The van der Waals surface area contributed by atoms with Crippen LogP contribution in [0.25, 0.3) is 0 Å². The van der Waals surface area contributed by atoms with Crippen LogP contribution < -0.4 is 11.1 Å². The number of nitrogens with two attached hydrogens (primary N) is 1. The van der Waals surface area contributed by atoms with Crippen LogP contribution >= 0.6 is 0 Å². The lowest BCUT2D eigenvalue weighted by Gasteiger charge is -2.30. The van der Waals surface area contributed by atoms with Crippen molar-refractivity contribution in [3.8, 4) is 6.07 Å². The Balaban J connectivity index is 1.88. The number of amides is 1. The van der Waals surface area contributed by atoms with Crippen LogP contribution in [0.1, 0.15) is 41.2 Å². The van der Waals surface area contributed by atoms with Crippen LogP contribution in [0.3, 0.4) is 0 Å². The average molecular weight is 357 g/mol. The second-order valence-electron chi connectivity index (χ2n) is 6.46. The minimum absolute atomic E-state index is 0.211. The Labute approximate surface area is 150 Å². The lowest BCUT2D eigenvalue weighted by Crippen LogP contribution is -2.29. The third-order valence-electron chi connectivity index (χ3n) is 4.66. The van der Waals surface area contributed by atoms with Crippen molar-refractivity contribution in [3.63, 3.8) is 0 Å². The zero-order valence-corrected chi connectivity index (χ0v) is 14.1. The molecule has 0 unspecified atom stereocenters. The van der Waals surface area contributed by atoms with E-state index < -0.39 is 24.6 Å². The molecule has 26 heavy (non-hydrogen) atoms. The Hall–Kier alpha value is -2.92. The molecular weight excluding hydrogens is 337 g/mol. The van der Waals surface area contributed by atoms with Gasteiger partial charge in [-0.3, -0.25) is 9.48 Å². The SMILES string of the molecule is N#C[C@H]1C[C@H](O)CC[C@@H]1n1cc(C(N)=O)c(Nc2ccc(CF)cc2)n1. The average Bonchev–Trinajstić information content (AvgIpc) is 3.06. The molecule has 1 amide bonds. The minimum atomic E-state index is -0.636. The molecule has 0 spiro atoms. The highest BCUT2D eigenvalue weighted by molar-refractivity contribution is 5.98. The van der Waals surface area contributed by atoms with Crippen molar-refractivity contribution in [2.75, 3.05) is 5.32 Å². The number of hydrogen-bond acceptors (Lipinski definition) is 5. The molecule has 1 heterocycles. The molecule has 8 heteroatoms. The fourth-order valence-corrected chi connectivity index (χ4v) is 3.24. The standard InChI is InChI=1S/C18H20FN5O2/c19-8-11-1-3-13(4-2-11)22-18-15(17(21)26)10-24(23-18)16-6-5-14(25)7-12(16)9-20/h1-4,10,12,14,16,25H,5-8H2,(H2,21,26)(H,22,23)/t12-,14-,16+/m1/s1. The molecule has 1 aromatic heterocycles. The number of halogens is 1. The van der Waals surface area contributed by atoms with E-state index in [0.29, 0.717) is 30.5 Å². The molecule has 0 saturated heterocycles. The molecule has 136 valence electrons. The first-order valence-corrected chi connectivity index (χ1v) is 8.40. The topological polar surface area (TPSA) is 117 Å². The first-order valence-electron chi connectivity index (χ1n) is 8.40. The van der Waals surface area contributed by atoms with E-state index in [-0.39, 0.29) is 17.4 Å². The van der Waals surface area contributed by atoms with Gasteiger partial charge in [-0.25, -0.2) is 4.39 Å². The molecule has 1 aliphatic rings. The summed E-state index contributed by atoms with van der Waals surface area (Å²) in [6, 6.07) is 8.63. The largest absolute Gasteiger partial charge is 0.393 e. The minimum Gasteiger partial charge on any atom is -0.393 e. The van der Waals surface area contributed by atoms with Gasteiger partial charge in [-0.15, -0.1) is 0 Å². The van der Waals surface area contributed by atoms with Crippen LogP contribution in [0.4, 0.5) is 15.9 Å². The van der Waals surface area contributed by atoms with Crippen LogP contribution in [0.2, 0.25) is 0 Å². The van der Waals surface area contributed by atoms with E-state index >= 15 is 0 Å². The molecule has 0 radical (unpaired) electrons. The maximum absolute atomic E-state index is 12.6. The number of aromatic nitrogens is 2. The third-order valence-corrected chi connectivity index (χ3v) is 4.66. The third kappa shape index (κ3) is 3.68. The monoisotopic (exact) mass is 357 g/mol. The van der Waals surface area contributed by atoms with Gasteiger partial charge in [0.2, 0.25) is 0 Å². The lowest BCUT2D eigenvalue weighted by molar-refractivity contribution is 0.0861. The second-order valence-corrected chi connectivity index (χ2v) is 6.46. The van der Waals surface area contributed by atoms with Crippen LogP contribution in [0.15, 0.2) is 30.5 Å². The Morgan fingerprint density at radius 2 is 2.15 bits per heavy atom. The fourth-order valence-electron chi connectivity index (χ4n) is 3.24. The van der Waals surface area contributed by atoms with Gasteiger partial charge in [0.25, 0.3) is 5.91 Å². The van der Waals surface area contributed by atoms with Gasteiger partial charge in [-0.05, 0) is 37.0 Å². The first kappa shape index (κ1) is 17.9. The van der Waals surface area contributed by atoms with E-state index in [1.165, 1.54) is 6.20 Å². The number of anilines is 2. The van der Waals surface area contributed by atoms with Gasteiger partial charge in [-0.2, -0.15) is 10.4 Å². The summed E-state index contributed by atoms with van der Waals surface area (Å²) in [7, 11) is 0. The summed E-state index contributed by atoms with van der Waals surface area (Å²) in [6.45, 7) is -0.551. The van der Waals surface area contributed by atoms with Gasteiger partial charge in [0, 0.05) is 11.9 Å². The maximum Gasteiger partial charge on any atom is 0.254 e. The van der Waals surface area contributed by atoms with Crippen molar-refractivity contribution in [1.82, 2.24) is 9.78 Å². The number of aliphatic hydroxyl groups excluding tert-OH is 1. The highest BCUT2D eigenvalue weighted by Gasteiger charge is 2.32. The quantitative estimate of drug-likeness (QED) is 0.760. The molecule has 4 N–H and O–H groups in total. The van der Waals surface area contributed by atoms with E-state index in [4.69, 9.17) is 5.73 Å². The molecule has 2 aromatic rings. The van der Waals surface area contributed by atoms with Crippen molar-refractivity contribution < 1.29 is 14.3 Å². The van der Waals surface area contributed by atoms with Gasteiger partial charge < -0.3 is 16.2 Å². The van der Waals surface area contributed by atoms with E-state index in [9.17, 15) is 19.6 Å². The molecular formula is C18H20FN5O2. The number of benzene rings is 1. The number of carbonyl (C=O) groups is 1. The Morgan fingerprint density at radius 3 is 2.77 bits per heavy atom. The Bertz CT molecular complexity index is 827. The molecule has 0 bridgehead atoms. The van der Waals surface area contributed by atoms with E-state index in [1.54, 1.807) is 28.9 Å². The normalized spacial score (nSPS) is 22.6. The number of nitrogens with zero attached hydrogens (tertiary/aromatic N) is 3. The molecule has 3 atom stereocenters. The van der Waals surface area contributed by atoms with Crippen LogP contribution in [-0.4, -0.2) is 26.9 Å². The van der Waals surface area contributed by atoms with Gasteiger partial charge in [0.1, 0.15) is 12.2 Å². The summed E-state index contributed by atoms with van der Waals surface area (Å²) in [4.78, 5) is 11.8. The molecule has 1 saturated carbocycles. The zero-order valence-electron chi connectivity index (χ0n) is 14.1. The van der Waals surface area contributed by atoms with Gasteiger partial charge in [0.05, 0.1) is 24.1 Å². The predicted octanol–water partition coefficient (Wildman–Crippen LogP) is 2.42. The molecule has 7 nitrogen and oxygen atoms in total. The lowest BCUT2D eigenvalue weighted by atomic mass is 9.84. The maximum atomic E-state index is 12.6. The van der Waals surface area contributed by atoms with Crippen molar-refractivity contribution in [2.45, 2.75) is 38.1 Å². The summed E-state index contributed by atoms with van der Waals surface area (Å²) in [5, 5.41) is 26.6. The predicted molar refractivity (Wildman–Crippen MR) is 93.3 cm³/mol. The van der Waals surface area contributed by atoms with Gasteiger partial charge >= 0.3 is 0 Å². The van der Waals surface area contributed by atoms with Crippen molar-refractivity contribution in [2.24, 2.45) is 11.7 Å². The number of rotatable bonds is 5. The van der Waals surface area contributed by atoms with E-state index in [0.717, 1.165) is 0 Å². The summed E-state index contributed by atoms with van der Waals surface area (Å²) >= 11 is 0. The number of primary amides is 1. The second kappa shape index (κ2) is 7.54. The summed E-state index contributed by atoms with van der Waals surface area (Å²) in [5.74, 6) is -0.743. The molecule has 1 fully saturated rings. The number of hydrogen-bond donors (Lipinski definition) is 3. The highest BCUT2D eigenvalue weighted by Crippen LogP contribution is 2.34. The van der Waals surface area contributed by atoms with Crippen molar-refractivity contribution in [3.05, 3.63) is 41.6 Å². The summed E-state index contributed by atoms with van der Waals surface area (Å²) < 4.78 is 14.2.